The zero-order chi connectivity index (χ0) is 8.39. The van der Waals surface area contributed by atoms with Crippen molar-refractivity contribution in [2.75, 3.05) is 5.32 Å². The minimum absolute atomic E-state index is 0.941. The molecule has 1 aromatic carbocycles. The maximum atomic E-state index is 5.29. The highest BCUT2D eigenvalue weighted by Gasteiger charge is 2.07. The third-order valence-electron chi connectivity index (χ3n) is 2.09. The standard InChI is InChI=1S/C11H10N/c1-2-9-5-6-10-4-3-7-12-11(10)8-9/h1,5-8,12H,3-4H2. The van der Waals surface area contributed by atoms with Crippen LogP contribution in [-0.4, -0.2) is 0 Å². The number of benzene rings is 1. The molecule has 1 aliphatic heterocycles. The Hall–Kier alpha value is -1.42. The number of nitrogens with one attached hydrogen (secondary N) is 1. The molecule has 1 heterocycles. The van der Waals surface area contributed by atoms with Crippen LogP contribution < -0.4 is 5.32 Å². The van der Waals surface area contributed by atoms with E-state index in [0.717, 1.165) is 24.1 Å². The first kappa shape index (κ1) is 7.24. The van der Waals surface area contributed by atoms with Gasteiger partial charge in [-0.1, -0.05) is 12.0 Å². The van der Waals surface area contributed by atoms with Crippen LogP contribution >= 0.6 is 0 Å². The molecule has 1 radical (unpaired) electrons. The van der Waals surface area contributed by atoms with Crippen LogP contribution in [0.5, 0.6) is 0 Å². The summed E-state index contributed by atoms with van der Waals surface area (Å²) in [5.74, 6) is 2.62. The van der Waals surface area contributed by atoms with Gasteiger partial charge in [0.05, 0.1) is 0 Å². The van der Waals surface area contributed by atoms with Crippen molar-refractivity contribution in [1.82, 2.24) is 0 Å². The van der Waals surface area contributed by atoms with Gasteiger partial charge in [-0.3, -0.25) is 0 Å². The highest BCUT2D eigenvalue weighted by Crippen LogP contribution is 2.23. The average molecular weight is 156 g/mol. The zero-order valence-electron chi connectivity index (χ0n) is 6.80. The Morgan fingerprint density at radius 3 is 3.17 bits per heavy atom. The summed E-state index contributed by atoms with van der Waals surface area (Å²) in [6, 6.07) is 6.11. The molecule has 1 N–H and O–H groups in total. The number of fused-ring (bicyclic) bond motifs is 1. The van der Waals surface area contributed by atoms with Gasteiger partial charge in [-0.15, -0.1) is 6.42 Å². The summed E-state index contributed by atoms with van der Waals surface area (Å²) >= 11 is 0. The molecule has 0 aliphatic carbocycles. The van der Waals surface area contributed by atoms with E-state index in [0.29, 0.717) is 0 Å². The molecule has 0 unspecified atom stereocenters. The second-order valence-electron chi connectivity index (χ2n) is 2.90. The van der Waals surface area contributed by atoms with Crippen molar-refractivity contribution >= 4 is 5.69 Å². The Morgan fingerprint density at radius 2 is 2.33 bits per heavy atom. The quantitative estimate of drug-likeness (QED) is 0.568. The van der Waals surface area contributed by atoms with Crippen LogP contribution in [0, 0.1) is 18.9 Å². The van der Waals surface area contributed by atoms with E-state index >= 15 is 0 Å². The second-order valence-corrected chi connectivity index (χ2v) is 2.90. The van der Waals surface area contributed by atoms with Crippen LogP contribution in [0.4, 0.5) is 5.69 Å². The van der Waals surface area contributed by atoms with Gasteiger partial charge in [0.25, 0.3) is 0 Å². The van der Waals surface area contributed by atoms with Crippen LogP contribution in [0.25, 0.3) is 0 Å². The van der Waals surface area contributed by atoms with Crippen molar-refractivity contribution in [3.05, 3.63) is 35.9 Å². The molecule has 0 bridgehead atoms. The van der Waals surface area contributed by atoms with Gasteiger partial charge in [0, 0.05) is 17.8 Å². The third-order valence-corrected chi connectivity index (χ3v) is 2.09. The lowest BCUT2D eigenvalue weighted by Gasteiger charge is -2.17. The molecule has 0 fully saturated rings. The van der Waals surface area contributed by atoms with Crippen LogP contribution in [0.3, 0.4) is 0 Å². The highest BCUT2D eigenvalue weighted by molar-refractivity contribution is 5.58. The van der Waals surface area contributed by atoms with Gasteiger partial charge >= 0.3 is 0 Å². The van der Waals surface area contributed by atoms with Crippen LogP contribution in [0.15, 0.2) is 18.2 Å². The Balaban J connectivity index is 2.44. The summed E-state index contributed by atoms with van der Waals surface area (Å²) in [6.45, 7) is 2.07. The zero-order valence-corrected chi connectivity index (χ0v) is 6.80. The number of terminal acetylenes is 1. The lowest BCUT2D eigenvalue weighted by Crippen LogP contribution is -2.06. The van der Waals surface area contributed by atoms with E-state index in [1.807, 2.05) is 12.1 Å². The monoisotopic (exact) mass is 156 g/mol. The lowest BCUT2D eigenvalue weighted by atomic mass is 10.0. The van der Waals surface area contributed by atoms with E-state index in [4.69, 9.17) is 6.42 Å². The third kappa shape index (κ3) is 1.16. The second kappa shape index (κ2) is 2.91. The van der Waals surface area contributed by atoms with Gasteiger partial charge in [0.2, 0.25) is 0 Å². The lowest BCUT2D eigenvalue weighted by molar-refractivity contribution is 0.909. The minimum Gasteiger partial charge on any atom is -0.380 e. The molecule has 1 heteroatoms. The van der Waals surface area contributed by atoms with Gasteiger partial charge in [-0.25, -0.2) is 0 Å². The molecule has 1 aliphatic rings. The molecule has 12 heavy (non-hydrogen) atoms. The van der Waals surface area contributed by atoms with Crippen molar-refractivity contribution in [3.63, 3.8) is 0 Å². The van der Waals surface area contributed by atoms with Gasteiger partial charge in [-0.2, -0.15) is 0 Å². The van der Waals surface area contributed by atoms with E-state index < -0.39 is 0 Å². The smallest absolute Gasteiger partial charge is 0.0466 e. The van der Waals surface area contributed by atoms with Crippen molar-refractivity contribution in [2.45, 2.75) is 12.8 Å². The predicted molar refractivity (Wildman–Crippen MR) is 50.6 cm³/mol. The Bertz CT molecular complexity index is 333. The molecule has 59 valence electrons. The highest BCUT2D eigenvalue weighted by atomic mass is 14.9. The Labute approximate surface area is 72.8 Å². The van der Waals surface area contributed by atoms with E-state index in [1.54, 1.807) is 0 Å². The molecular formula is C11H10N. The first-order chi connectivity index (χ1) is 5.90. The van der Waals surface area contributed by atoms with Crippen LogP contribution in [0.2, 0.25) is 0 Å². The number of aryl methyl sites for hydroxylation is 1. The fourth-order valence-corrected chi connectivity index (χ4v) is 1.43. The van der Waals surface area contributed by atoms with Gasteiger partial charge in [0.1, 0.15) is 0 Å². The molecular weight excluding hydrogens is 146 g/mol. The molecule has 0 saturated heterocycles. The summed E-state index contributed by atoms with van der Waals surface area (Å²) in [6.07, 6.45) is 7.51. The van der Waals surface area contributed by atoms with Gasteiger partial charge < -0.3 is 5.32 Å². The molecule has 0 atom stereocenters. The summed E-state index contributed by atoms with van der Waals surface area (Å²) in [5.41, 5.74) is 3.46. The maximum Gasteiger partial charge on any atom is 0.0466 e. The van der Waals surface area contributed by atoms with Crippen LogP contribution in [-0.2, 0) is 6.42 Å². The van der Waals surface area contributed by atoms with Crippen molar-refractivity contribution in [2.24, 2.45) is 0 Å². The fraction of sp³-hybridized carbons (Fsp3) is 0.182. The molecule has 1 nitrogen and oxygen atoms in total. The van der Waals surface area contributed by atoms with Gasteiger partial charge in [0.15, 0.2) is 0 Å². The first-order valence-electron chi connectivity index (χ1n) is 4.08. The molecule has 1 aromatic rings. The maximum absolute atomic E-state index is 5.29. The normalized spacial score (nSPS) is 14.2. The molecule has 0 saturated carbocycles. The van der Waals surface area contributed by atoms with E-state index in [9.17, 15) is 0 Å². The van der Waals surface area contributed by atoms with Crippen molar-refractivity contribution in [1.29, 1.82) is 0 Å². The van der Waals surface area contributed by atoms with E-state index in [2.05, 4.69) is 23.8 Å². The van der Waals surface area contributed by atoms with Crippen molar-refractivity contribution in [3.8, 4) is 12.3 Å². The Kier molecular flexibility index (Phi) is 1.75. The number of hydrogen-bond donors (Lipinski definition) is 1. The summed E-state index contributed by atoms with van der Waals surface area (Å²) in [5, 5.41) is 3.22. The summed E-state index contributed by atoms with van der Waals surface area (Å²) < 4.78 is 0. The van der Waals surface area contributed by atoms with E-state index in [-0.39, 0.29) is 0 Å². The SMILES string of the molecule is C#Cc1ccc2c(c1)N[CH]CC2. The van der Waals surface area contributed by atoms with Crippen molar-refractivity contribution < 1.29 is 0 Å². The summed E-state index contributed by atoms with van der Waals surface area (Å²) in [4.78, 5) is 0. The molecule has 0 aromatic heterocycles. The summed E-state index contributed by atoms with van der Waals surface area (Å²) in [7, 11) is 0. The fourth-order valence-electron chi connectivity index (χ4n) is 1.43. The predicted octanol–water partition coefficient (Wildman–Crippen LogP) is 2.19. The minimum atomic E-state index is 0.941. The number of anilines is 1. The molecule has 2 rings (SSSR count). The largest absolute Gasteiger partial charge is 0.380 e. The van der Waals surface area contributed by atoms with E-state index in [1.165, 1.54) is 5.56 Å². The number of rotatable bonds is 0. The first-order valence-corrected chi connectivity index (χ1v) is 4.08. The number of hydrogen-bond acceptors (Lipinski definition) is 1. The van der Waals surface area contributed by atoms with Crippen LogP contribution in [0.1, 0.15) is 17.5 Å². The molecule has 0 spiro atoms. The molecule has 0 amide bonds. The van der Waals surface area contributed by atoms with Gasteiger partial charge in [-0.05, 0) is 30.5 Å². The Morgan fingerprint density at radius 1 is 1.42 bits per heavy atom. The topological polar surface area (TPSA) is 12.0 Å². The average Bonchev–Trinajstić information content (AvgIpc) is 2.17.